The predicted octanol–water partition coefficient (Wildman–Crippen LogP) is 5.22. The van der Waals surface area contributed by atoms with Gasteiger partial charge in [0.15, 0.2) is 0 Å². The van der Waals surface area contributed by atoms with Crippen LogP contribution in [0.4, 0.5) is 0 Å². The summed E-state index contributed by atoms with van der Waals surface area (Å²) in [4.78, 5) is 1.26. The van der Waals surface area contributed by atoms with Crippen LogP contribution in [0.3, 0.4) is 0 Å². The number of nitrogens with two attached hydrogens (primary N) is 1. The monoisotopic (exact) mass is 305 g/mol. The van der Waals surface area contributed by atoms with E-state index in [-0.39, 0.29) is 11.3 Å². The fourth-order valence-corrected chi connectivity index (χ4v) is 3.60. The highest BCUT2D eigenvalue weighted by Crippen LogP contribution is 2.38. The van der Waals surface area contributed by atoms with Gasteiger partial charge in [0.05, 0.1) is 0 Å². The quantitative estimate of drug-likeness (QED) is 0.766. The van der Waals surface area contributed by atoms with E-state index in [9.17, 15) is 0 Å². The number of hydrogen-bond donors (Lipinski definition) is 1. The first-order chi connectivity index (χ1) is 9.60. The largest absolute Gasteiger partial charge is 0.326 e. The zero-order valence-corrected chi connectivity index (χ0v) is 13.4. The lowest BCUT2D eigenvalue weighted by Gasteiger charge is -2.23. The topological polar surface area (TPSA) is 26.0 Å². The number of thioether (sulfide) groups is 1. The van der Waals surface area contributed by atoms with Gasteiger partial charge in [-0.3, -0.25) is 0 Å². The van der Waals surface area contributed by atoms with E-state index in [0.29, 0.717) is 0 Å². The van der Waals surface area contributed by atoms with Gasteiger partial charge in [0, 0.05) is 21.2 Å². The van der Waals surface area contributed by atoms with Crippen LogP contribution in [0.1, 0.15) is 29.7 Å². The van der Waals surface area contributed by atoms with Crippen molar-refractivity contribution in [2.45, 2.75) is 36.5 Å². The molecule has 2 aromatic rings. The van der Waals surface area contributed by atoms with Crippen molar-refractivity contribution in [3.63, 3.8) is 0 Å². The molecule has 2 aromatic carbocycles. The molecule has 0 aliphatic carbocycles. The van der Waals surface area contributed by atoms with Crippen LogP contribution < -0.4 is 5.73 Å². The first kappa shape index (κ1) is 15.4. The molecule has 0 heterocycles. The summed E-state index contributed by atoms with van der Waals surface area (Å²) in [5, 5.41) is 1.01. The minimum atomic E-state index is 0.127. The molecule has 0 aliphatic rings. The maximum Gasteiger partial charge on any atom is 0.0495 e. The molecule has 0 spiro atoms. The van der Waals surface area contributed by atoms with Crippen LogP contribution in [0.5, 0.6) is 0 Å². The maximum atomic E-state index is 6.32. The van der Waals surface area contributed by atoms with Crippen molar-refractivity contribution < 1.29 is 0 Å². The summed E-state index contributed by atoms with van der Waals surface area (Å²) in [7, 11) is 0. The number of rotatable bonds is 5. The molecule has 2 rings (SSSR count). The average molecular weight is 306 g/mol. The summed E-state index contributed by atoms with van der Waals surface area (Å²) < 4.78 is 0. The van der Waals surface area contributed by atoms with Crippen LogP contribution in [0.2, 0.25) is 5.02 Å². The molecule has 2 unspecified atom stereocenters. The third-order valence-corrected chi connectivity index (χ3v) is 4.97. The molecule has 3 heteroatoms. The Bertz CT molecular complexity index is 553. The van der Waals surface area contributed by atoms with Crippen LogP contribution >= 0.6 is 23.4 Å². The summed E-state index contributed by atoms with van der Waals surface area (Å²) in [5.74, 6) is 0. The Morgan fingerprint density at radius 3 is 2.45 bits per heavy atom. The number of halogens is 1. The van der Waals surface area contributed by atoms with Crippen molar-refractivity contribution in [3.8, 4) is 0 Å². The van der Waals surface area contributed by atoms with Gasteiger partial charge in [-0.1, -0.05) is 48.4 Å². The molecule has 0 bridgehead atoms. The summed E-state index contributed by atoms with van der Waals surface area (Å²) in [6.45, 7) is 4.24. The standard InChI is InChI=1S/C17H20ClNS/c1-3-16(19)17(13-7-9-14(18)10-8-13)20-15-6-4-5-12(2)11-15/h4-11,16-17H,3,19H2,1-2H3. The van der Waals surface area contributed by atoms with Gasteiger partial charge in [0.25, 0.3) is 0 Å². The second-order valence-electron chi connectivity index (χ2n) is 4.98. The highest BCUT2D eigenvalue weighted by atomic mass is 35.5. The fourth-order valence-electron chi connectivity index (χ4n) is 2.10. The van der Waals surface area contributed by atoms with Crippen LogP contribution in [-0.4, -0.2) is 6.04 Å². The Morgan fingerprint density at radius 2 is 1.85 bits per heavy atom. The fraction of sp³-hybridized carbons (Fsp3) is 0.294. The van der Waals surface area contributed by atoms with E-state index in [1.165, 1.54) is 16.0 Å². The molecular formula is C17H20ClNS. The highest BCUT2D eigenvalue weighted by molar-refractivity contribution is 7.99. The zero-order valence-electron chi connectivity index (χ0n) is 11.8. The van der Waals surface area contributed by atoms with E-state index in [1.807, 2.05) is 23.9 Å². The average Bonchev–Trinajstić information content (AvgIpc) is 2.45. The summed E-state index contributed by atoms with van der Waals surface area (Å²) >= 11 is 7.80. The number of aryl methyl sites for hydroxylation is 1. The molecule has 2 atom stereocenters. The first-order valence-electron chi connectivity index (χ1n) is 6.84. The lowest BCUT2D eigenvalue weighted by atomic mass is 10.0. The van der Waals surface area contributed by atoms with Crippen molar-refractivity contribution in [2.75, 3.05) is 0 Å². The van der Waals surface area contributed by atoms with Gasteiger partial charge in [0.1, 0.15) is 0 Å². The van der Waals surface area contributed by atoms with Crippen molar-refractivity contribution in [3.05, 3.63) is 64.7 Å². The molecular weight excluding hydrogens is 286 g/mol. The highest BCUT2D eigenvalue weighted by Gasteiger charge is 2.19. The van der Waals surface area contributed by atoms with E-state index in [4.69, 9.17) is 17.3 Å². The Balaban J connectivity index is 2.26. The third kappa shape index (κ3) is 4.02. The number of hydrogen-bond acceptors (Lipinski definition) is 2. The van der Waals surface area contributed by atoms with Gasteiger partial charge in [0.2, 0.25) is 0 Å². The summed E-state index contributed by atoms with van der Waals surface area (Å²) in [6.07, 6.45) is 0.951. The van der Waals surface area contributed by atoms with E-state index < -0.39 is 0 Å². The van der Waals surface area contributed by atoms with Crippen LogP contribution in [0.25, 0.3) is 0 Å². The number of benzene rings is 2. The van der Waals surface area contributed by atoms with E-state index in [2.05, 4.69) is 50.2 Å². The Hall–Kier alpha value is -0.960. The molecule has 20 heavy (non-hydrogen) atoms. The molecule has 106 valence electrons. The lowest BCUT2D eigenvalue weighted by Crippen LogP contribution is -2.25. The van der Waals surface area contributed by atoms with E-state index in [1.54, 1.807) is 0 Å². The molecule has 0 amide bonds. The molecule has 0 saturated carbocycles. The van der Waals surface area contributed by atoms with Crippen molar-refractivity contribution in [1.82, 2.24) is 0 Å². The minimum absolute atomic E-state index is 0.127. The molecule has 0 aromatic heterocycles. The molecule has 0 saturated heterocycles. The first-order valence-corrected chi connectivity index (χ1v) is 8.10. The lowest BCUT2D eigenvalue weighted by molar-refractivity contribution is 0.634. The minimum Gasteiger partial charge on any atom is -0.326 e. The molecule has 1 nitrogen and oxygen atoms in total. The van der Waals surface area contributed by atoms with Gasteiger partial charge in [-0.2, -0.15) is 0 Å². The van der Waals surface area contributed by atoms with Crippen LogP contribution in [0.15, 0.2) is 53.4 Å². The Labute approximate surface area is 130 Å². The van der Waals surface area contributed by atoms with Crippen molar-refractivity contribution >= 4 is 23.4 Å². The maximum absolute atomic E-state index is 6.32. The predicted molar refractivity (Wildman–Crippen MR) is 89.5 cm³/mol. The second kappa shape index (κ2) is 7.16. The zero-order chi connectivity index (χ0) is 14.5. The van der Waals surface area contributed by atoms with E-state index in [0.717, 1.165) is 11.4 Å². The Kier molecular flexibility index (Phi) is 5.53. The normalized spacial score (nSPS) is 14.0. The SMILES string of the molecule is CCC(N)C(Sc1cccc(C)c1)c1ccc(Cl)cc1. The van der Waals surface area contributed by atoms with E-state index >= 15 is 0 Å². The smallest absolute Gasteiger partial charge is 0.0495 e. The van der Waals surface area contributed by atoms with Gasteiger partial charge in [-0.25, -0.2) is 0 Å². The molecule has 0 aliphatic heterocycles. The second-order valence-corrected chi connectivity index (χ2v) is 6.63. The molecule has 0 fully saturated rings. The summed E-state index contributed by atoms with van der Waals surface area (Å²) in [6, 6.07) is 16.7. The van der Waals surface area contributed by atoms with Gasteiger partial charge < -0.3 is 5.73 Å². The van der Waals surface area contributed by atoms with Crippen LogP contribution in [0, 0.1) is 6.92 Å². The van der Waals surface area contributed by atoms with Gasteiger partial charge >= 0.3 is 0 Å². The van der Waals surface area contributed by atoms with Crippen molar-refractivity contribution in [1.29, 1.82) is 0 Å². The van der Waals surface area contributed by atoms with Gasteiger partial charge in [-0.05, 0) is 43.2 Å². The third-order valence-electron chi connectivity index (χ3n) is 3.31. The molecule has 2 N–H and O–H groups in total. The molecule has 0 radical (unpaired) electrons. The Morgan fingerprint density at radius 1 is 1.15 bits per heavy atom. The summed E-state index contributed by atoms with van der Waals surface area (Å²) in [5.41, 5.74) is 8.82. The van der Waals surface area contributed by atoms with Gasteiger partial charge in [-0.15, -0.1) is 11.8 Å². The van der Waals surface area contributed by atoms with Crippen LogP contribution in [-0.2, 0) is 0 Å². The van der Waals surface area contributed by atoms with Crippen molar-refractivity contribution in [2.24, 2.45) is 5.73 Å².